The van der Waals surface area contributed by atoms with Crippen molar-refractivity contribution in [1.82, 2.24) is 10.3 Å². The summed E-state index contributed by atoms with van der Waals surface area (Å²) in [6.45, 7) is 0. The second kappa shape index (κ2) is 4.28. The van der Waals surface area contributed by atoms with E-state index < -0.39 is 0 Å². The molecule has 0 bridgehead atoms. The van der Waals surface area contributed by atoms with Crippen molar-refractivity contribution in [3.63, 3.8) is 0 Å². The van der Waals surface area contributed by atoms with Gasteiger partial charge in [0.15, 0.2) is 11.3 Å². The van der Waals surface area contributed by atoms with Crippen molar-refractivity contribution in [2.24, 2.45) is 5.92 Å². The van der Waals surface area contributed by atoms with E-state index in [-0.39, 0.29) is 17.9 Å². The number of anilines is 1. The van der Waals surface area contributed by atoms with Gasteiger partial charge in [-0.2, -0.15) is 5.26 Å². The minimum atomic E-state index is 0.000870. The summed E-state index contributed by atoms with van der Waals surface area (Å²) in [6.07, 6.45) is 4.99. The molecule has 1 heterocycles. The number of rotatable bonds is 3. The highest BCUT2D eigenvalue weighted by molar-refractivity contribution is 7.13. The smallest absolute Gasteiger partial charge is 0.229 e. The predicted molar refractivity (Wildman–Crippen MR) is 56.0 cm³/mol. The highest BCUT2D eigenvalue weighted by Gasteiger charge is 2.34. The molecule has 0 spiro atoms. The second-order valence-electron chi connectivity index (χ2n) is 3.45. The zero-order chi connectivity index (χ0) is 10.7. The van der Waals surface area contributed by atoms with Gasteiger partial charge in [0, 0.05) is 23.5 Å². The van der Waals surface area contributed by atoms with Crippen molar-refractivity contribution in [3.05, 3.63) is 11.6 Å². The quantitative estimate of drug-likeness (QED) is 0.589. The van der Waals surface area contributed by atoms with Gasteiger partial charge >= 0.3 is 0 Å². The minimum absolute atomic E-state index is 0.000870. The van der Waals surface area contributed by atoms with Gasteiger partial charge in [-0.25, -0.2) is 4.98 Å². The van der Waals surface area contributed by atoms with Crippen LogP contribution in [0.3, 0.4) is 0 Å². The largest absolute Gasteiger partial charge is 0.321 e. The van der Waals surface area contributed by atoms with E-state index in [9.17, 15) is 4.79 Å². The molecule has 0 saturated heterocycles. The minimum Gasteiger partial charge on any atom is -0.321 e. The molecule has 1 saturated carbocycles. The van der Waals surface area contributed by atoms with Gasteiger partial charge in [0.25, 0.3) is 0 Å². The zero-order valence-electron chi connectivity index (χ0n) is 7.93. The standard InChI is InChI=1S/C9H10N4OS/c10-5-12-7-3-6(4-7)8(14)13-9-11-1-2-15-9/h1-2,6-7,12H,3-4H2,(H,11,13,14)/t6-,7-. The second-order valence-corrected chi connectivity index (χ2v) is 4.34. The molecule has 1 aromatic heterocycles. The SMILES string of the molecule is N#CN[C@H]1C[C@H](C(=O)Nc2nccs2)C1. The van der Waals surface area contributed by atoms with Gasteiger partial charge in [-0.3, -0.25) is 4.79 Å². The fraction of sp³-hybridized carbons (Fsp3) is 0.444. The van der Waals surface area contributed by atoms with E-state index in [0.717, 1.165) is 12.8 Å². The number of carbonyl (C=O) groups excluding carboxylic acids is 1. The number of hydrogen-bond acceptors (Lipinski definition) is 5. The number of nitrogens with one attached hydrogen (secondary N) is 2. The molecule has 0 aliphatic heterocycles. The summed E-state index contributed by atoms with van der Waals surface area (Å²) >= 11 is 1.40. The molecule has 0 radical (unpaired) electrons. The fourth-order valence-electron chi connectivity index (χ4n) is 1.53. The molecule has 0 unspecified atom stereocenters. The van der Waals surface area contributed by atoms with Crippen molar-refractivity contribution >= 4 is 22.4 Å². The molecular weight excluding hydrogens is 212 g/mol. The molecule has 1 aromatic rings. The first-order valence-corrected chi connectivity index (χ1v) is 5.52. The maximum Gasteiger partial charge on any atom is 0.229 e. The molecule has 2 rings (SSSR count). The lowest BCUT2D eigenvalue weighted by Crippen LogP contribution is -2.44. The Kier molecular flexibility index (Phi) is 2.83. The number of aromatic nitrogens is 1. The summed E-state index contributed by atoms with van der Waals surface area (Å²) < 4.78 is 0. The summed E-state index contributed by atoms with van der Waals surface area (Å²) in [5.74, 6) is 0.0145. The average molecular weight is 222 g/mol. The van der Waals surface area contributed by atoms with E-state index in [1.54, 1.807) is 6.20 Å². The lowest BCUT2D eigenvalue weighted by molar-refractivity contribution is -0.122. The van der Waals surface area contributed by atoms with E-state index in [0.29, 0.717) is 5.13 Å². The average Bonchev–Trinajstić information content (AvgIpc) is 2.62. The Morgan fingerprint density at radius 3 is 3.07 bits per heavy atom. The summed E-state index contributed by atoms with van der Waals surface area (Å²) in [6, 6.07) is 0.169. The van der Waals surface area contributed by atoms with Gasteiger partial charge in [-0.1, -0.05) is 0 Å². The Hall–Kier alpha value is -1.61. The summed E-state index contributed by atoms with van der Waals surface area (Å²) in [7, 11) is 0. The van der Waals surface area contributed by atoms with Gasteiger partial charge in [-0.15, -0.1) is 11.3 Å². The number of amides is 1. The van der Waals surface area contributed by atoms with Crippen LogP contribution < -0.4 is 10.6 Å². The van der Waals surface area contributed by atoms with Crippen LogP contribution in [0.25, 0.3) is 0 Å². The molecule has 6 heteroatoms. The molecule has 1 aliphatic carbocycles. The highest BCUT2D eigenvalue weighted by atomic mass is 32.1. The van der Waals surface area contributed by atoms with Crippen molar-refractivity contribution in [2.75, 3.05) is 5.32 Å². The van der Waals surface area contributed by atoms with Crippen LogP contribution in [0.15, 0.2) is 11.6 Å². The molecule has 0 aromatic carbocycles. The molecule has 78 valence electrons. The lowest BCUT2D eigenvalue weighted by Gasteiger charge is -2.32. The molecule has 1 amide bonds. The fourth-order valence-corrected chi connectivity index (χ4v) is 2.07. The molecule has 2 N–H and O–H groups in total. The molecule has 1 fully saturated rings. The van der Waals surface area contributed by atoms with Crippen LogP contribution in [0, 0.1) is 17.4 Å². The molecule has 5 nitrogen and oxygen atoms in total. The van der Waals surface area contributed by atoms with E-state index in [2.05, 4.69) is 15.6 Å². The van der Waals surface area contributed by atoms with Crippen LogP contribution in [0.1, 0.15) is 12.8 Å². The number of nitrogens with zero attached hydrogens (tertiary/aromatic N) is 2. The molecule has 1 aliphatic rings. The van der Waals surface area contributed by atoms with Crippen LogP contribution in [-0.2, 0) is 4.79 Å². The highest BCUT2D eigenvalue weighted by Crippen LogP contribution is 2.28. The lowest BCUT2D eigenvalue weighted by atomic mass is 9.80. The number of carbonyl (C=O) groups is 1. The molecule has 15 heavy (non-hydrogen) atoms. The van der Waals surface area contributed by atoms with Crippen molar-refractivity contribution in [2.45, 2.75) is 18.9 Å². The Bertz CT molecular complexity index is 377. The van der Waals surface area contributed by atoms with Crippen LogP contribution in [-0.4, -0.2) is 16.9 Å². The zero-order valence-corrected chi connectivity index (χ0v) is 8.75. The Labute approximate surface area is 91.1 Å². The summed E-state index contributed by atoms with van der Waals surface area (Å²) in [5.41, 5.74) is 0. The monoisotopic (exact) mass is 222 g/mol. The van der Waals surface area contributed by atoms with Crippen molar-refractivity contribution in [3.8, 4) is 6.19 Å². The van der Waals surface area contributed by atoms with Crippen molar-refractivity contribution < 1.29 is 4.79 Å². The number of hydrogen-bond donors (Lipinski definition) is 2. The van der Waals surface area contributed by atoms with Crippen LogP contribution >= 0.6 is 11.3 Å². The Morgan fingerprint density at radius 2 is 2.47 bits per heavy atom. The summed E-state index contributed by atoms with van der Waals surface area (Å²) in [5, 5.41) is 16.2. The van der Waals surface area contributed by atoms with E-state index >= 15 is 0 Å². The number of thiazole rings is 1. The van der Waals surface area contributed by atoms with Gasteiger partial charge in [0.2, 0.25) is 5.91 Å². The predicted octanol–water partition coefficient (Wildman–Crippen LogP) is 0.931. The Morgan fingerprint density at radius 1 is 1.67 bits per heavy atom. The normalized spacial score (nSPS) is 23.7. The van der Waals surface area contributed by atoms with Crippen LogP contribution in [0.4, 0.5) is 5.13 Å². The van der Waals surface area contributed by atoms with Gasteiger partial charge in [0.1, 0.15) is 0 Å². The maximum absolute atomic E-state index is 11.6. The van der Waals surface area contributed by atoms with Crippen LogP contribution in [0.5, 0.6) is 0 Å². The first kappa shape index (κ1) is 9.93. The van der Waals surface area contributed by atoms with E-state index in [1.165, 1.54) is 11.3 Å². The third-order valence-electron chi connectivity index (χ3n) is 2.44. The van der Waals surface area contributed by atoms with E-state index in [4.69, 9.17) is 5.26 Å². The summed E-state index contributed by atoms with van der Waals surface area (Å²) in [4.78, 5) is 15.6. The first-order chi connectivity index (χ1) is 7.29. The maximum atomic E-state index is 11.6. The van der Waals surface area contributed by atoms with Gasteiger partial charge in [-0.05, 0) is 12.8 Å². The molecule has 0 atom stereocenters. The van der Waals surface area contributed by atoms with Crippen LogP contribution in [0.2, 0.25) is 0 Å². The van der Waals surface area contributed by atoms with E-state index in [1.807, 2.05) is 11.6 Å². The first-order valence-electron chi connectivity index (χ1n) is 4.64. The Balaban J connectivity index is 1.78. The van der Waals surface area contributed by atoms with Gasteiger partial charge in [0.05, 0.1) is 0 Å². The van der Waals surface area contributed by atoms with Gasteiger partial charge < -0.3 is 10.6 Å². The molecular formula is C9H10N4OS. The topological polar surface area (TPSA) is 77.8 Å². The third kappa shape index (κ3) is 2.25. The third-order valence-corrected chi connectivity index (χ3v) is 3.13. The number of nitriles is 1. The van der Waals surface area contributed by atoms with Crippen molar-refractivity contribution in [1.29, 1.82) is 5.26 Å².